The number of rotatable bonds is 2. The summed E-state index contributed by atoms with van der Waals surface area (Å²) in [6.07, 6.45) is 0. The number of benzene rings is 2. The Hall–Kier alpha value is -1.28. The fraction of sp³-hybridized carbons (Fsp3) is 0.143. The van der Waals surface area contributed by atoms with E-state index in [4.69, 9.17) is 4.74 Å². The molecule has 0 atom stereocenters. The minimum absolute atomic E-state index is 0.888. The van der Waals surface area contributed by atoms with E-state index in [0.717, 1.165) is 10.2 Å². The van der Waals surface area contributed by atoms with Crippen LogP contribution in [0.5, 0.6) is 5.75 Å². The molecule has 0 aliphatic heterocycles. The third-order valence-corrected chi connectivity index (χ3v) is 3.08. The van der Waals surface area contributed by atoms with E-state index in [1.54, 1.807) is 7.11 Å². The quantitative estimate of drug-likeness (QED) is 0.788. The Labute approximate surface area is 104 Å². The Morgan fingerprint density at radius 1 is 1.00 bits per heavy atom. The highest BCUT2D eigenvalue weighted by molar-refractivity contribution is 9.10. The van der Waals surface area contributed by atoms with Crippen LogP contribution in [0.15, 0.2) is 46.9 Å². The predicted octanol–water partition coefficient (Wildman–Crippen LogP) is 4.43. The van der Waals surface area contributed by atoms with Crippen LogP contribution in [0.3, 0.4) is 0 Å². The van der Waals surface area contributed by atoms with E-state index in [9.17, 15) is 0 Å². The van der Waals surface area contributed by atoms with Gasteiger partial charge in [0.05, 0.1) is 7.11 Å². The molecule has 82 valence electrons. The molecule has 2 aromatic carbocycles. The number of methoxy groups -OCH3 is 1. The Bertz CT molecular complexity index is 489. The van der Waals surface area contributed by atoms with Gasteiger partial charge in [-0.15, -0.1) is 0 Å². The van der Waals surface area contributed by atoms with Crippen molar-refractivity contribution in [2.24, 2.45) is 0 Å². The van der Waals surface area contributed by atoms with Crippen molar-refractivity contribution in [3.8, 4) is 16.9 Å². The molecule has 2 heteroatoms. The minimum atomic E-state index is 0.888. The average molecular weight is 277 g/mol. The molecule has 0 amide bonds. The van der Waals surface area contributed by atoms with Crippen LogP contribution in [0, 0.1) is 6.92 Å². The Morgan fingerprint density at radius 3 is 2.25 bits per heavy atom. The molecular formula is C14H13BrO. The Balaban J connectivity index is 2.42. The van der Waals surface area contributed by atoms with Crippen molar-refractivity contribution in [2.45, 2.75) is 6.92 Å². The summed E-state index contributed by atoms with van der Waals surface area (Å²) in [7, 11) is 1.68. The van der Waals surface area contributed by atoms with E-state index in [-0.39, 0.29) is 0 Å². The van der Waals surface area contributed by atoms with Crippen LogP contribution < -0.4 is 4.74 Å². The Morgan fingerprint density at radius 2 is 1.69 bits per heavy atom. The van der Waals surface area contributed by atoms with Crippen molar-refractivity contribution in [1.29, 1.82) is 0 Å². The summed E-state index contributed by atoms with van der Waals surface area (Å²) in [5.74, 6) is 0.888. The summed E-state index contributed by atoms with van der Waals surface area (Å²) < 4.78 is 6.26. The lowest BCUT2D eigenvalue weighted by Crippen LogP contribution is -1.85. The second kappa shape index (κ2) is 4.71. The molecule has 0 spiro atoms. The second-order valence-corrected chi connectivity index (χ2v) is 4.60. The molecule has 0 unspecified atom stereocenters. The number of ether oxygens (including phenoxy) is 1. The summed E-state index contributed by atoms with van der Waals surface area (Å²) in [5.41, 5.74) is 3.73. The van der Waals surface area contributed by atoms with Crippen LogP contribution >= 0.6 is 15.9 Å². The number of aryl methyl sites for hydroxylation is 1. The van der Waals surface area contributed by atoms with Crippen LogP contribution in [0.4, 0.5) is 0 Å². The third kappa shape index (κ3) is 2.27. The lowest BCUT2D eigenvalue weighted by atomic mass is 10.0. The van der Waals surface area contributed by atoms with Crippen LogP contribution in [-0.4, -0.2) is 7.11 Å². The summed E-state index contributed by atoms with van der Waals surface area (Å²) in [6.45, 7) is 2.12. The van der Waals surface area contributed by atoms with Gasteiger partial charge in [-0.1, -0.05) is 34.1 Å². The molecule has 2 aromatic rings. The predicted molar refractivity (Wildman–Crippen MR) is 70.9 cm³/mol. The van der Waals surface area contributed by atoms with E-state index in [1.165, 1.54) is 16.7 Å². The maximum Gasteiger partial charge on any atom is 0.118 e. The van der Waals surface area contributed by atoms with Crippen molar-refractivity contribution >= 4 is 15.9 Å². The SMILES string of the molecule is COc1ccc(-c2ccc(Br)cc2C)cc1. The highest BCUT2D eigenvalue weighted by Crippen LogP contribution is 2.27. The van der Waals surface area contributed by atoms with Gasteiger partial charge in [-0.3, -0.25) is 0 Å². The fourth-order valence-electron chi connectivity index (χ4n) is 1.72. The molecule has 0 aliphatic carbocycles. The highest BCUT2D eigenvalue weighted by Gasteiger charge is 2.02. The molecule has 0 fully saturated rings. The topological polar surface area (TPSA) is 9.23 Å². The van der Waals surface area contributed by atoms with Crippen LogP contribution in [0.1, 0.15) is 5.56 Å². The first-order chi connectivity index (χ1) is 7.70. The van der Waals surface area contributed by atoms with Crippen molar-refractivity contribution < 1.29 is 4.74 Å². The lowest BCUT2D eigenvalue weighted by Gasteiger charge is -2.07. The van der Waals surface area contributed by atoms with Crippen molar-refractivity contribution in [2.75, 3.05) is 7.11 Å². The third-order valence-electron chi connectivity index (χ3n) is 2.59. The molecular weight excluding hydrogens is 264 g/mol. The van der Waals surface area contributed by atoms with Crippen LogP contribution in [0.2, 0.25) is 0 Å². The maximum atomic E-state index is 5.15. The fourth-order valence-corrected chi connectivity index (χ4v) is 2.20. The Kier molecular flexibility index (Phi) is 3.30. The minimum Gasteiger partial charge on any atom is -0.497 e. The summed E-state index contributed by atoms with van der Waals surface area (Å²) >= 11 is 3.47. The summed E-state index contributed by atoms with van der Waals surface area (Å²) in [6, 6.07) is 14.4. The first-order valence-electron chi connectivity index (χ1n) is 5.11. The van der Waals surface area contributed by atoms with Gasteiger partial charge in [0.1, 0.15) is 5.75 Å². The molecule has 0 saturated heterocycles. The number of hydrogen-bond acceptors (Lipinski definition) is 1. The van der Waals surface area contributed by atoms with E-state index < -0.39 is 0 Å². The van der Waals surface area contributed by atoms with E-state index in [2.05, 4.69) is 53.2 Å². The standard InChI is InChI=1S/C14H13BrO/c1-10-9-12(15)5-8-14(10)11-3-6-13(16-2)7-4-11/h3-9H,1-2H3. The lowest BCUT2D eigenvalue weighted by molar-refractivity contribution is 0.415. The average Bonchev–Trinajstić information content (AvgIpc) is 2.29. The van der Waals surface area contributed by atoms with Gasteiger partial charge in [-0.2, -0.15) is 0 Å². The van der Waals surface area contributed by atoms with Crippen LogP contribution in [-0.2, 0) is 0 Å². The maximum absolute atomic E-state index is 5.15. The van der Waals surface area contributed by atoms with E-state index >= 15 is 0 Å². The zero-order valence-electron chi connectivity index (χ0n) is 9.33. The van der Waals surface area contributed by atoms with Gasteiger partial charge in [-0.25, -0.2) is 0 Å². The van der Waals surface area contributed by atoms with Gasteiger partial charge in [0.15, 0.2) is 0 Å². The molecule has 0 heterocycles. The first-order valence-corrected chi connectivity index (χ1v) is 5.90. The zero-order chi connectivity index (χ0) is 11.5. The summed E-state index contributed by atoms with van der Waals surface area (Å²) in [4.78, 5) is 0. The molecule has 1 nitrogen and oxygen atoms in total. The molecule has 0 aliphatic rings. The summed E-state index contributed by atoms with van der Waals surface area (Å²) in [5, 5.41) is 0. The number of hydrogen-bond donors (Lipinski definition) is 0. The first kappa shape index (κ1) is 11.2. The monoisotopic (exact) mass is 276 g/mol. The molecule has 0 saturated carbocycles. The molecule has 0 radical (unpaired) electrons. The van der Waals surface area contributed by atoms with Crippen molar-refractivity contribution in [3.63, 3.8) is 0 Å². The van der Waals surface area contributed by atoms with Gasteiger partial charge in [0.2, 0.25) is 0 Å². The molecule has 0 aromatic heterocycles. The second-order valence-electron chi connectivity index (χ2n) is 3.69. The van der Waals surface area contributed by atoms with Crippen molar-refractivity contribution in [3.05, 3.63) is 52.5 Å². The van der Waals surface area contributed by atoms with Crippen molar-refractivity contribution in [1.82, 2.24) is 0 Å². The van der Waals surface area contributed by atoms with Gasteiger partial charge < -0.3 is 4.74 Å². The highest BCUT2D eigenvalue weighted by atomic mass is 79.9. The molecule has 0 N–H and O–H groups in total. The largest absolute Gasteiger partial charge is 0.497 e. The normalized spacial score (nSPS) is 10.2. The van der Waals surface area contributed by atoms with E-state index in [1.807, 2.05) is 12.1 Å². The zero-order valence-corrected chi connectivity index (χ0v) is 10.9. The van der Waals surface area contributed by atoms with Gasteiger partial charge in [0, 0.05) is 4.47 Å². The van der Waals surface area contributed by atoms with Gasteiger partial charge in [-0.05, 0) is 47.9 Å². The molecule has 16 heavy (non-hydrogen) atoms. The molecule has 2 rings (SSSR count). The van der Waals surface area contributed by atoms with Gasteiger partial charge in [0.25, 0.3) is 0 Å². The number of halogens is 1. The van der Waals surface area contributed by atoms with E-state index in [0.29, 0.717) is 0 Å². The smallest absolute Gasteiger partial charge is 0.118 e. The molecule has 0 bridgehead atoms. The van der Waals surface area contributed by atoms with Gasteiger partial charge >= 0.3 is 0 Å². The van der Waals surface area contributed by atoms with Crippen LogP contribution in [0.25, 0.3) is 11.1 Å².